The van der Waals surface area contributed by atoms with Crippen LogP contribution in [0, 0.1) is 5.92 Å². The molecule has 2 nitrogen and oxygen atoms in total. The maximum Gasteiger partial charge on any atom is 0.0570 e. The van der Waals surface area contributed by atoms with Crippen molar-refractivity contribution in [1.29, 1.82) is 0 Å². The van der Waals surface area contributed by atoms with Crippen molar-refractivity contribution in [1.82, 2.24) is 10.3 Å². The predicted molar refractivity (Wildman–Crippen MR) is 60.1 cm³/mol. The molecule has 1 N–H and O–H groups in total. The molecule has 1 heterocycles. The van der Waals surface area contributed by atoms with E-state index in [0.717, 1.165) is 18.2 Å². The lowest BCUT2D eigenvalue weighted by molar-refractivity contribution is 0.456. The third-order valence-corrected chi connectivity index (χ3v) is 2.60. The van der Waals surface area contributed by atoms with E-state index >= 15 is 0 Å². The van der Waals surface area contributed by atoms with Crippen molar-refractivity contribution < 1.29 is 0 Å². The molecule has 0 spiro atoms. The molecule has 0 bridgehead atoms. The first kappa shape index (κ1) is 11.2. The molecule has 0 fully saturated rings. The van der Waals surface area contributed by atoms with E-state index in [-0.39, 0.29) is 0 Å². The number of aromatic nitrogens is 1. The van der Waals surface area contributed by atoms with Crippen LogP contribution in [0.25, 0.3) is 0 Å². The first-order valence-electron chi connectivity index (χ1n) is 5.38. The standard InChI is InChI=1S/C12H20N2/c1-4-10(2)9-14-11(3)12-7-5-6-8-13-12/h5-8,10-11,14H,4,9H2,1-3H3/t10?,11-/m0/s1. The minimum Gasteiger partial charge on any atom is -0.309 e. The summed E-state index contributed by atoms with van der Waals surface area (Å²) in [6.07, 6.45) is 3.07. The highest BCUT2D eigenvalue weighted by Gasteiger charge is 2.06. The van der Waals surface area contributed by atoms with Gasteiger partial charge in [-0.05, 0) is 31.5 Å². The maximum absolute atomic E-state index is 4.32. The summed E-state index contributed by atoms with van der Waals surface area (Å²) in [6.45, 7) is 7.70. The van der Waals surface area contributed by atoms with Crippen LogP contribution in [0.3, 0.4) is 0 Å². The van der Waals surface area contributed by atoms with Gasteiger partial charge in [0.25, 0.3) is 0 Å². The minimum atomic E-state index is 0.352. The van der Waals surface area contributed by atoms with Gasteiger partial charge in [-0.15, -0.1) is 0 Å². The van der Waals surface area contributed by atoms with Gasteiger partial charge < -0.3 is 5.32 Å². The average Bonchev–Trinajstić information content (AvgIpc) is 2.26. The number of hydrogen-bond donors (Lipinski definition) is 1. The number of pyridine rings is 1. The van der Waals surface area contributed by atoms with E-state index in [1.807, 2.05) is 18.3 Å². The van der Waals surface area contributed by atoms with Gasteiger partial charge in [0.15, 0.2) is 0 Å². The number of nitrogens with zero attached hydrogens (tertiary/aromatic N) is 1. The molecular weight excluding hydrogens is 172 g/mol. The van der Waals surface area contributed by atoms with Crippen LogP contribution >= 0.6 is 0 Å². The fraction of sp³-hybridized carbons (Fsp3) is 0.583. The lowest BCUT2D eigenvalue weighted by Crippen LogP contribution is -2.24. The Labute approximate surface area is 86.8 Å². The Bertz CT molecular complexity index is 246. The number of hydrogen-bond acceptors (Lipinski definition) is 2. The Balaban J connectivity index is 2.39. The monoisotopic (exact) mass is 192 g/mol. The molecule has 2 atom stereocenters. The molecule has 1 aromatic heterocycles. The van der Waals surface area contributed by atoms with Gasteiger partial charge in [-0.1, -0.05) is 26.3 Å². The molecule has 0 amide bonds. The zero-order valence-electron chi connectivity index (χ0n) is 9.33. The van der Waals surface area contributed by atoms with Crippen molar-refractivity contribution in [3.05, 3.63) is 30.1 Å². The molecule has 0 aromatic carbocycles. The van der Waals surface area contributed by atoms with Crippen molar-refractivity contribution in [2.24, 2.45) is 5.92 Å². The summed E-state index contributed by atoms with van der Waals surface area (Å²) >= 11 is 0. The second-order valence-electron chi connectivity index (χ2n) is 3.90. The van der Waals surface area contributed by atoms with Crippen LogP contribution in [-0.4, -0.2) is 11.5 Å². The molecule has 78 valence electrons. The molecule has 0 aliphatic rings. The number of rotatable bonds is 5. The van der Waals surface area contributed by atoms with Crippen molar-refractivity contribution in [2.45, 2.75) is 33.2 Å². The summed E-state index contributed by atoms with van der Waals surface area (Å²) in [5.41, 5.74) is 1.12. The Morgan fingerprint density at radius 3 is 2.71 bits per heavy atom. The quantitative estimate of drug-likeness (QED) is 0.776. The molecule has 0 saturated carbocycles. The molecule has 1 rings (SSSR count). The third kappa shape index (κ3) is 3.46. The molecular formula is C12H20N2. The van der Waals surface area contributed by atoms with Gasteiger partial charge in [0.05, 0.1) is 5.69 Å². The van der Waals surface area contributed by atoms with Crippen molar-refractivity contribution in [3.8, 4) is 0 Å². The van der Waals surface area contributed by atoms with Gasteiger partial charge in [0, 0.05) is 12.2 Å². The van der Waals surface area contributed by atoms with E-state index in [1.165, 1.54) is 6.42 Å². The summed E-state index contributed by atoms with van der Waals surface area (Å²) in [5, 5.41) is 3.49. The molecule has 2 heteroatoms. The number of nitrogens with one attached hydrogen (secondary N) is 1. The van der Waals surface area contributed by atoms with Crippen LogP contribution in [0.1, 0.15) is 38.9 Å². The highest BCUT2D eigenvalue weighted by molar-refractivity contribution is 5.07. The predicted octanol–water partition coefficient (Wildman–Crippen LogP) is 2.78. The maximum atomic E-state index is 4.32. The van der Waals surface area contributed by atoms with Gasteiger partial charge in [0.2, 0.25) is 0 Å². The molecule has 1 aromatic rings. The summed E-state index contributed by atoms with van der Waals surface area (Å²) < 4.78 is 0. The molecule has 1 unspecified atom stereocenters. The molecule has 0 aliphatic heterocycles. The van der Waals surface area contributed by atoms with Gasteiger partial charge in [-0.2, -0.15) is 0 Å². The fourth-order valence-corrected chi connectivity index (χ4v) is 1.26. The Morgan fingerprint density at radius 1 is 1.36 bits per heavy atom. The highest BCUT2D eigenvalue weighted by Crippen LogP contribution is 2.09. The van der Waals surface area contributed by atoms with E-state index in [2.05, 4.69) is 37.1 Å². The summed E-state index contributed by atoms with van der Waals surface area (Å²) in [5.74, 6) is 0.737. The van der Waals surface area contributed by atoms with E-state index in [4.69, 9.17) is 0 Å². The van der Waals surface area contributed by atoms with E-state index in [0.29, 0.717) is 6.04 Å². The molecule has 0 aliphatic carbocycles. The van der Waals surface area contributed by atoms with Crippen LogP contribution < -0.4 is 5.32 Å². The third-order valence-electron chi connectivity index (χ3n) is 2.60. The van der Waals surface area contributed by atoms with E-state index in [9.17, 15) is 0 Å². The summed E-state index contributed by atoms with van der Waals surface area (Å²) in [7, 11) is 0. The largest absolute Gasteiger partial charge is 0.309 e. The van der Waals surface area contributed by atoms with Crippen LogP contribution in [0.2, 0.25) is 0 Å². The lowest BCUT2D eigenvalue weighted by Gasteiger charge is -2.16. The highest BCUT2D eigenvalue weighted by atomic mass is 14.9. The van der Waals surface area contributed by atoms with Crippen molar-refractivity contribution >= 4 is 0 Å². The smallest absolute Gasteiger partial charge is 0.0570 e. The fourth-order valence-electron chi connectivity index (χ4n) is 1.26. The second-order valence-corrected chi connectivity index (χ2v) is 3.90. The van der Waals surface area contributed by atoms with Crippen molar-refractivity contribution in [2.75, 3.05) is 6.54 Å². The molecule has 0 saturated heterocycles. The van der Waals surface area contributed by atoms with Gasteiger partial charge in [0.1, 0.15) is 0 Å². The Morgan fingerprint density at radius 2 is 2.14 bits per heavy atom. The zero-order valence-corrected chi connectivity index (χ0v) is 9.33. The summed E-state index contributed by atoms with van der Waals surface area (Å²) in [6, 6.07) is 6.40. The zero-order chi connectivity index (χ0) is 10.4. The second kappa shape index (κ2) is 5.76. The van der Waals surface area contributed by atoms with E-state index in [1.54, 1.807) is 0 Å². The Kier molecular flexibility index (Phi) is 4.60. The van der Waals surface area contributed by atoms with Gasteiger partial charge in [-0.25, -0.2) is 0 Å². The lowest BCUT2D eigenvalue weighted by atomic mass is 10.1. The van der Waals surface area contributed by atoms with Crippen LogP contribution in [-0.2, 0) is 0 Å². The molecule has 0 radical (unpaired) electrons. The van der Waals surface area contributed by atoms with Crippen LogP contribution in [0.4, 0.5) is 0 Å². The van der Waals surface area contributed by atoms with Crippen LogP contribution in [0.15, 0.2) is 24.4 Å². The Hall–Kier alpha value is -0.890. The normalized spacial score (nSPS) is 15.1. The van der Waals surface area contributed by atoms with Gasteiger partial charge in [-0.3, -0.25) is 4.98 Å². The average molecular weight is 192 g/mol. The van der Waals surface area contributed by atoms with Crippen molar-refractivity contribution in [3.63, 3.8) is 0 Å². The summed E-state index contributed by atoms with van der Waals surface area (Å²) in [4.78, 5) is 4.32. The first-order valence-corrected chi connectivity index (χ1v) is 5.38. The topological polar surface area (TPSA) is 24.9 Å². The SMILES string of the molecule is CCC(C)CN[C@@H](C)c1ccccn1. The molecule has 14 heavy (non-hydrogen) atoms. The minimum absolute atomic E-state index is 0.352. The van der Waals surface area contributed by atoms with Crippen LogP contribution in [0.5, 0.6) is 0 Å². The first-order chi connectivity index (χ1) is 6.74. The van der Waals surface area contributed by atoms with Gasteiger partial charge >= 0.3 is 0 Å². The van der Waals surface area contributed by atoms with E-state index < -0.39 is 0 Å².